The van der Waals surface area contributed by atoms with E-state index in [0.29, 0.717) is 13.0 Å². The first kappa shape index (κ1) is 9.45. The Hall–Kier alpha value is -1.10. The molecule has 0 saturated carbocycles. The molecule has 14 heavy (non-hydrogen) atoms. The van der Waals surface area contributed by atoms with Crippen molar-refractivity contribution in [3.63, 3.8) is 0 Å². The minimum Gasteiger partial charge on any atom is -0.354 e. The standard InChI is InChI=1S/C9H15N3O2/c13-8-2-1-6(5-11-8)12-9(14)7-3-4-10-7/h6-7,10H,1-5H2,(H,11,13)(H,12,14). The first-order valence-electron chi connectivity index (χ1n) is 5.06. The van der Waals surface area contributed by atoms with Crippen LogP contribution in [0.5, 0.6) is 0 Å². The summed E-state index contributed by atoms with van der Waals surface area (Å²) in [6, 6.07) is 0.107. The molecule has 0 aromatic carbocycles. The Bertz CT molecular complexity index is 240. The number of carbonyl (C=O) groups excluding carboxylic acids is 2. The van der Waals surface area contributed by atoms with Crippen molar-refractivity contribution in [2.75, 3.05) is 13.1 Å². The first-order chi connectivity index (χ1) is 6.75. The molecule has 2 aliphatic rings. The molecule has 5 heteroatoms. The van der Waals surface area contributed by atoms with Crippen LogP contribution in [0.2, 0.25) is 0 Å². The molecule has 0 aromatic heterocycles. The predicted octanol–water partition coefficient (Wildman–Crippen LogP) is -1.26. The molecule has 78 valence electrons. The van der Waals surface area contributed by atoms with E-state index in [1.807, 2.05) is 0 Å². The number of hydrogen-bond acceptors (Lipinski definition) is 3. The molecule has 2 unspecified atom stereocenters. The molecule has 2 fully saturated rings. The fraction of sp³-hybridized carbons (Fsp3) is 0.778. The second-order valence-electron chi connectivity index (χ2n) is 3.84. The first-order valence-corrected chi connectivity index (χ1v) is 5.06. The summed E-state index contributed by atoms with van der Waals surface area (Å²) in [5, 5.41) is 8.71. The smallest absolute Gasteiger partial charge is 0.237 e. The Labute approximate surface area is 82.6 Å². The zero-order chi connectivity index (χ0) is 9.97. The van der Waals surface area contributed by atoms with Crippen molar-refractivity contribution in [3.05, 3.63) is 0 Å². The Kier molecular flexibility index (Phi) is 2.67. The monoisotopic (exact) mass is 197 g/mol. The largest absolute Gasteiger partial charge is 0.354 e. The average molecular weight is 197 g/mol. The third-order valence-corrected chi connectivity index (χ3v) is 2.75. The van der Waals surface area contributed by atoms with E-state index in [4.69, 9.17) is 0 Å². The van der Waals surface area contributed by atoms with Gasteiger partial charge in [-0.3, -0.25) is 9.59 Å². The normalized spacial score (nSPS) is 31.6. The zero-order valence-electron chi connectivity index (χ0n) is 8.01. The third-order valence-electron chi connectivity index (χ3n) is 2.75. The molecule has 2 aliphatic heterocycles. The summed E-state index contributed by atoms with van der Waals surface area (Å²) in [7, 11) is 0. The van der Waals surface area contributed by atoms with Gasteiger partial charge in [-0.1, -0.05) is 0 Å². The van der Waals surface area contributed by atoms with Crippen LogP contribution in [0.25, 0.3) is 0 Å². The molecular formula is C9H15N3O2. The number of amides is 2. The van der Waals surface area contributed by atoms with E-state index in [9.17, 15) is 9.59 Å². The highest BCUT2D eigenvalue weighted by Crippen LogP contribution is 2.06. The maximum Gasteiger partial charge on any atom is 0.237 e. The molecule has 0 aromatic rings. The number of nitrogens with one attached hydrogen (secondary N) is 3. The van der Waals surface area contributed by atoms with Crippen LogP contribution in [0.4, 0.5) is 0 Å². The van der Waals surface area contributed by atoms with Crippen molar-refractivity contribution in [1.82, 2.24) is 16.0 Å². The van der Waals surface area contributed by atoms with E-state index in [0.717, 1.165) is 19.4 Å². The van der Waals surface area contributed by atoms with E-state index < -0.39 is 0 Å². The van der Waals surface area contributed by atoms with Crippen molar-refractivity contribution < 1.29 is 9.59 Å². The molecule has 2 atom stereocenters. The zero-order valence-corrected chi connectivity index (χ0v) is 8.01. The Morgan fingerprint density at radius 1 is 1.43 bits per heavy atom. The van der Waals surface area contributed by atoms with Crippen LogP contribution in [-0.4, -0.2) is 37.0 Å². The van der Waals surface area contributed by atoms with Gasteiger partial charge in [0, 0.05) is 19.0 Å². The van der Waals surface area contributed by atoms with E-state index in [2.05, 4.69) is 16.0 Å². The van der Waals surface area contributed by atoms with Crippen molar-refractivity contribution in [2.45, 2.75) is 31.3 Å². The Morgan fingerprint density at radius 2 is 2.21 bits per heavy atom. The van der Waals surface area contributed by atoms with Crippen LogP contribution in [0.1, 0.15) is 19.3 Å². The molecule has 3 N–H and O–H groups in total. The van der Waals surface area contributed by atoms with Crippen LogP contribution in [0.3, 0.4) is 0 Å². The topological polar surface area (TPSA) is 70.2 Å². The molecule has 0 aliphatic carbocycles. The van der Waals surface area contributed by atoms with E-state index in [1.54, 1.807) is 0 Å². The van der Waals surface area contributed by atoms with Gasteiger partial charge >= 0.3 is 0 Å². The van der Waals surface area contributed by atoms with Gasteiger partial charge in [-0.25, -0.2) is 0 Å². The summed E-state index contributed by atoms with van der Waals surface area (Å²) in [6.07, 6.45) is 2.19. The van der Waals surface area contributed by atoms with E-state index in [-0.39, 0.29) is 23.9 Å². The lowest BCUT2D eigenvalue weighted by molar-refractivity contribution is -0.127. The van der Waals surface area contributed by atoms with Gasteiger partial charge in [-0.2, -0.15) is 0 Å². The van der Waals surface area contributed by atoms with Gasteiger partial charge < -0.3 is 16.0 Å². The molecule has 0 spiro atoms. The Morgan fingerprint density at radius 3 is 2.71 bits per heavy atom. The van der Waals surface area contributed by atoms with Crippen molar-refractivity contribution in [2.24, 2.45) is 0 Å². The van der Waals surface area contributed by atoms with Crippen LogP contribution in [-0.2, 0) is 9.59 Å². The maximum absolute atomic E-state index is 11.5. The van der Waals surface area contributed by atoms with Crippen molar-refractivity contribution in [3.8, 4) is 0 Å². The minimum atomic E-state index is -0.00683. The molecular weight excluding hydrogens is 182 g/mol. The van der Waals surface area contributed by atoms with Gasteiger partial charge in [0.1, 0.15) is 0 Å². The lowest BCUT2D eigenvalue weighted by atomic mass is 10.0. The second-order valence-corrected chi connectivity index (χ2v) is 3.84. The fourth-order valence-electron chi connectivity index (χ4n) is 1.67. The Balaban J connectivity index is 1.74. The molecule has 5 nitrogen and oxygen atoms in total. The van der Waals surface area contributed by atoms with Gasteiger partial charge in [0.05, 0.1) is 6.04 Å². The summed E-state index contributed by atoms with van der Waals surface area (Å²) in [5.74, 6) is 0.148. The molecule has 2 saturated heterocycles. The molecule has 0 radical (unpaired) electrons. The minimum absolute atomic E-state index is 0.00683. The maximum atomic E-state index is 11.5. The SMILES string of the molecule is O=C1CCC(NC(=O)C2CCN2)CN1. The van der Waals surface area contributed by atoms with Gasteiger partial charge in [0.15, 0.2) is 0 Å². The van der Waals surface area contributed by atoms with Crippen LogP contribution < -0.4 is 16.0 Å². The van der Waals surface area contributed by atoms with Gasteiger partial charge in [0.2, 0.25) is 11.8 Å². The van der Waals surface area contributed by atoms with Crippen molar-refractivity contribution >= 4 is 11.8 Å². The van der Waals surface area contributed by atoms with E-state index >= 15 is 0 Å². The quantitative estimate of drug-likeness (QED) is 0.517. The van der Waals surface area contributed by atoms with Crippen molar-refractivity contribution in [1.29, 1.82) is 0 Å². The summed E-state index contributed by atoms with van der Waals surface area (Å²) in [4.78, 5) is 22.3. The summed E-state index contributed by atoms with van der Waals surface area (Å²) in [6.45, 7) is 1.50. The lowest BCUT2D eigenvalue weighted by Gasteiger charge is -2.30. The lowest BCUT2D eigenvalue weighted by Crippen LogP contribution is -2.57. The number of piperidine rings is 1. The summed E-state index contributed by atoms with van der Waals surface area (Å²) < 4.78 is 0. The number of hydrogen-bond donors (Lipinski definition) is 3. The predicted molar refractivity (Wildman–Crippen MR) is 50.6 cm³/mol. The number of rotatable bonds is 2. The number of carbonyl (C=O) groups is 2. The average Bonchev–Trinajstić information content (AvgIpc) is 2.06. The van der Waals surface area contributed by atoms with Crippen LogP contribution in [0.15, 0.2) is 0 Å². The highest BCUT2D eigenvalue weighted by molar-refractivity contribution is 5.83. The third kappa shape index (κ3) is 2.04. The van der Waals surface area contributed by atoms with Gasteiger partial charge in [-0.15, -0.1) is 0 Å². The highest BCUT2D eigenvalue weighted by atomic mass is 16.2. The van der Waals surface area contributed by atoms with Crippen LogP contribution in [0, 0.1) is 0 Å². The summed E-state index contributed by atoms with van der Waals surface area (Å²) >= 11 is 0. The summed E-state index contributed by atoms with van der Waals surface area (Å²) in [5.41, 5.74) is 0. The molecule has 2 amide bonds. The van der Waals surface area contributed by atoms with Crippen LogP contribution >= 0.6 is 0 Å². The van der Waals surface area contributed by atoms with Gasteiger partial charge in [-0.05, 0) is 19.4 Å². The highest BCUT2D eigenvalue weighted by Gasteiger charge is 2.27. The van der Waals surface area contributed by atoms with Gasteiger partial charge in [0.25, 0.3) is 0 Å². The molecule has 2 heterocycles. The molecule has 2 rings (SSSR count). The molecule has 0 bridgehead atoms. The fourth-order valence-corrected chi connectivity index (χ4v) is 1.67. The van der Waals surface area contributed by atoms with E-state index in [1.165, 1.54) is 0 Å². The second kappa shape index (κ2) is 3.96.